The first-order chi connectivity index (χ1) is 9.27. The fourth-order valence-electron chi connectivity index (χ4n) is 3.02. The van der Waals surface area contributed by atoms with Gasteiger partial charge in [-0.05, 0) is 22.9 Å². The van der Waals surface area contributed by atoms with Gasteiger partial charge < -0.3 is 0 Å². The summed E-state index contributed by atoms with van der Waals surface area (Å²) in [6.07, 6.45) is 1.92. The van der Waals surface area contributed by atoms with Crippen molar-refractivity contribution in [3.05, 3.63) is 54.9 Å². The summed E-state index contributed by atoms with van der Waals surface area (Å²) in [5.41, 5.74) is 2.26. The molecule has 0 aliphatic rings. The number of nitrogen functional groups attached to an aromatic ring is 1. The maximum atomic E-state index is 6.13. The quantitative estimate of drug-likeness (QED) is 0.289. The van der Waals surface area contributed by atoms with Gasteiger partial charge in [-0.25, -0.2) is 4.57 Å². The molecule has 1 heterocycles. The Morgan fingerprint density at radius 1 is 0.842 bits per heavy atom. The molecule has 2 N–H and O–H groups in total. The van der Waals surface area contributed by atoms with E-state index in [0.717, 1.165) is 5.52 Å². The van der Waals surface area contributed by atoms with Crippen molar-refractivity contribution in [1.29, 1.82) is 0 Å². The Labute approximate surface area is 110 Å². The van der Waals surface area contributed by atoms with E-state index in [1.54, 1.807) is 4.68 Å². The summed E-state index contributed by atoms with van der Waals surface area (Å²) in [6.45, 7) is 0. The Hall–Kier alpha value is -2.55. The standard InChI is InChI=1S/C16H14N3/c1-18-10-19(17)16-14-9-5-3-7-12(14)11-6-2-4-8-13(11)15(16)18/h2-10H,17H2,1H3/q+1. The lowest BCUT2D eigenvalue weighted by atomic mass is 10.00. The number of rotatable bonds is 0. The number of fused-ring (bicyclic) bond motifs is 6. The third-order valence-corrected chi connectivity index (χ3v) is 3.79. The van der Waals surface area contributed by atoms with Crippen molar-refractivity contribution in [3.8, 4) is 0 Å². The number of aryl methyl sites for hydroxylation is 1. The van der Waals surface area contributed by atoms with Crippen LogP contribution < -0.4 is 10.4 Å². The van der Waals surface area contributed by atoms with Crippen LogP contribution in [0.2, 0.25) is 0 Å². The molecule has 0 spiro atoms. The fraction of sp³-hybridized carbons (Fsp3) is 0.0625. The molecule has 0 saturated carbocycles. The highest BCUT2D eigenvalue weighted by Crippen LogP contribution is 2.32. The third-order valence-electron chi connectivity index (χ3n) is 3.79. The molecule has 0 aliphatic heterocycles. The highest BCUT2D eigenvalue weighted by molar-refractivity contribution is 6.22. The fourth-order valence-corrected chi connectivity index (χ4v) is 3.02. The topological polar surface area (TPSA) is 34.8 Å². The van der Waals surface area contributed by atoms with Gasteiger partial charge in [0.05, 0.1) is 7.05 Å². The number of benzene rings is 3. The van der Waals surface area contributed by atoms with E-state index >= 15 is 0 Å². The van der Waals surface area contributed by atoms with Gasteiger partial charge in [-0.3, -0.25) is 5.84 Å². The van der Waals surface area contributed by atoms with Crippen LogP contribution in [0.25, 0.3) is 32.6 Å². The summed E-state index contributed by atoms with van der Waals surface area (Å²) in [6, 6.07) is 16.9. The molecular weight excluding hydrogens is 234 g/mol. The van der Waals surface area contributed by atoms with E-state index in [-0.39, 0.29) is 0 Å². The maximum absolute atomic E-state index is 6.13. The average molecular weight is 248 g/mol. The molecule has 0 unspecified atom stereocenters. The van der Waals surface area contributed by atoms with Gasteiger partial charge in [-0.15, -0.1) is 4.68 Å². The van der Waals surface area contributed by atoms with Crippen LogP contribution in [0.5, 0.6) is 0 Å². The smallest absolute Gasteiger partial charge is 0.267 e. The lowest BCUT2D eigenvalue weighted by Gasteiger charge is -2.04. The summed E-state index contributed by atoms with van der Waals surface area (Å²) in [7, 11) is 2.03. The normalized spacial score (nSPS) is 11.6. The average Bonchev–Trinajstić information content (AvgIpc) is 2.75. The Kier molecular flexibility index (Phi) is 1.90. The molecule has 0 fully saturated rings. The molecular formula is C16H14N3+. The second-order valence-electron chi connectivity index (χ2n) is 4.92. The number of nitrogens with zero attached hydrogens (tertiary/aromatic N) is 2. The zero-order chi connectivity index (χ0) is 13.0. The summed E-state index contributed by atoms with van der Waals surface area (Å²) in [5.74, 6) is 6.13. The van der Waals surface area contributed by atoms with Crippen molar-refractivity contribution < 1.29 is 4.57 Å². The van der Waals surface area contributed by atoms with Crippen LogP contribution in [0.1, 0.15) is 0 Å². The molecule has 3 nitrogen and oxygen atoms in total. The second-order valence-corrected chi connectivity index (χ2v) is 4.92. The van der Waals surface area contributed by atoms with Crippen molar-refractivity contribution in [3.63, 3.8) is 0 Å². The van der Waals surface area contributed by atoms with Crippen molar-refractivity contribution in [1.82, 2.24) is 4.68 Å². The molecule has 0 radical (unpaired) electrons. The largest absolute Gasteiger partial charge is 0.269 e. The van der Waals surface area contributed by atoms with E-state index in [9.17, 15) is 0 Å². The number of nitrogens with two attached hydrogens (primary N) is 1. The van der Waals surface area contributed by atoms with Crippen LogP contribution in [-0.2, 0) is 7.05 Å². The molecule has 0 aliphatic carbocycles. The molecule has 19 heavy (non-hydrogen) atoms. The molecule has 92 valence electrons. The molecule has 3 heteroatoms. The number of hydrogen-bond acceptors (Lipinski definition) is 1. The number of aromatic nitrogens is 2. The summed E-state index contributed by atoms with van der Waals surface area (Å²) in [4.78, 5) is 0. The molecule has 0 saturated heterocycles. The summed E-state index contributed by atoms with van der Waals surface area (Å²) in [5, 5.41) is 4.95. The van der Waals surface area contributed by atoms with E-state index < -0.39 is 0 Å². The molecule has 3 aromatic carbocycles. The predicted octanol–water partition coefficient (Wildman–Crippen LogP) is 2.49. The van der Waals surface area contributed by atoms with Gasteiger partial charge in [0.25, 0.3) is 6.33 Å². The zero-order valence-electron chi connectivity index (χ0n) is 10.7. The van der Waals surface area contributed by atoms with Gasteiger partial charge in [-0.2, -0.15) is 0 Å². The first-order valence-electron chi connectivity index (χ1n) is 6.32. The molecule has 0 amide bonds. The van der Waals surface area contributed by atoms with Gasteiger partial charge >= 0.3 is 0 Å². The van der Waals surface area contributed by atoms with Crippen LogP contribution in [0.4, 0.5) is 0 Å². The van der Waals surface area contributed by atoms with Crippen LogP contribution in [0, 0.1) is 0 Å². The number of hydrogen-bond donors (Lipinski definition) is 1. The lowest BCUT2D eigenvalue weighted by molar-refractivity contribution is -0.644. The van der Waals surface area contributed by atoms with Crippen molar-refractivity contribution in [2.45, 2.75) is 0 Å². The third kappa shape index (κ3) is 1.24. The molecule has 0 atom stereocenters. The van der Waals surface area contributed by atoms with E-state index in [1.807, 2.05) is 13.4 Å². The van der Waals surface area contributed by atoms with E-state index in [0.29, 0.717) is 0 Å². The SMILES string of the molecule is C[n+]1cn(N)c2c3ccccc3c3ccccc3c21. The van der Waals surface area contributed by atoms with E-state index in [4.69, 9.17) is 5.84 Å². The minimum atomic E-state index is 1.08. The van der Waals surface area contributed by atoms with E-state index in [1.165, 1.54) is 27.1 Å². The molecule has 0 bridgehead atoms. The second kappa shape index (κ2) is 3.48. The summed E-state index contributed by atoms with van der Waals surface area (Å²) >= 11 is 0. The first-order valence-corrected chi connectivity index (χ1v) is 6.32. The van der Waals surface area contributed by atoms with E-state index in [2.05, 4.69) is 53.1 Å². The Morgan fingerprint density at radius 2 is 1.37 bits per heavy atom. The molecule has 4 rings (SSSR count). The van der Waals surface area contributed by atoms with Crippen molar-refractivity contribution in [2.75, 3.05) is 5.84 Å². The van der Waals surface area contributed by atoms with Gasteiger partial charge in [0.1, 0.15) is 0 Å². The molecule has 1 aromatic heterocycles. The molecule has 4 aromatic rings. The highest BCUT2D eigenvalue weighted by Gasteiger charge is 2.19. The van der Waals surface area contributed by atoms with Gasteiger partial charge in [0.15, 0.2) is 5.52 Å². The Morgan fingerprint density at radius 3 is 2.05 bits per heavy atom. The van der Waals surface area contributed by atoms with Crippen molar-refractivity contribution in [2.24, 2.45) is 7.05 Å². The van der Waals surface area contributed by atoms with Crippen LogP contribution >= 0.6 is 0 Å². The number of imidazole rings is 1. The minimum Gasteiger partial charge on any atom is -0.269 e. The van der Waals surface area contributed by atoms with Crippen LogP contribution in [0.3, 0.4) is 0 Å². The van der Waals surface area contributed by atoms with Gasteiger partial charge in [0.2, 0.25) is 5.52 Å². The van der Waals surface area contributed by atoms with Gasteiger partial charge in [0, 0.05) is 10.8 Å². The summed E-state index contributed by atoms with van der Waals surface area (Å²) < 4.78 is 3.80. The zero-order valence-corrected chi connectivity index (χ0v) is 10.7. The van der Waals surface area contributed by atoms with Crippen LogP contribution in [0.15, 0.2) is 54.9 Å². The Balaban J connectivity index is 2.49. The van der Waals surface area contributed by atoms with Crippen LogP contribution in [-0.4, -0.2) is 4.68 Å². The van der Waals surface area contributed by atoms with Crippen molar-refractivity contribution >= 4 is 32.6 Å². The monoisotopic (exact) mass is 248 g/mol. The highest BCUT2D eigenvalue weighted by atomic mass is 15.3. The maximum Gasteiger partial charge on any atom is 0.267 e. The Bertz CT molecular complexity index is 859. The minimum absolute atomic E-state index is 1.08. The lowest BCUT2D eigenvalue weighted by Crippen LogP contribution is -2.26. The first kappa shape index (κ1) is 10.4. The predicted molar refractivity (Wildman–Crippen MR) is 78.3 cm³/mol. The van der Waals surface area contributed by atoms with Gasteiger partial charge in [-0.1, -0.05) is 36.4 Å².